The molecule has 0 unspecified atom stereocenters. The Labute approximate surface area is 134 Å². The van der Waals surface area contributed by atoms with E-state index in [2.05, 4.69) is 4.98 Å². The highest BCUT2D eigenvalue weighted by atomic mass is 16.5. The Kier molecular flexibility index (Phi) is 3.78. The average molecular weight is 309 g/mol. The molecule has 5 nitrogen and oxygen atoms in total. The van der Waals surface area contributed by atoms with Crippen molar-refractivity contribution in [2.45, 2.75) is 19.9 Å². The maximum absolute atomic E-state index is 12.7. The molecule has 0 spiro atoms. The predicted octanol–water partition coefficient (Wildman–Crippen LogP) is 3.24. The Morgan fingerprint density at radius 2 is 1.87 bits per heavy atom. The van der Waals surface area contributed by atoms with E-state index < -0.39 is 0 Å². The van der Waals surface area contributed by atoms with Gasteiger partial charge in [-0.3, -0.25) is 9.36 Å². The van der Waals surface area contributed by atoms with Crippen LogP contribution < -0.4 is 16.0 Å². The van der Waals surface area contributed by atoms with Gasteiger partial charge in [0.2, 0.25) is 0 Å². The number of hydrogen-bond donors (Lipinski definition) is 1. The highest BCUT2D eigenvalue weighted by Gasteiger charge is 2.18. The third-order valence-corrected chi connectivity index (χ3v) is 3.90. The number of fused-ring (bicyclic) bond motifs is 1. The molecule has 0 atom stereocenters. The Balaban J connectivity index is 2.39. The molecule has 3 aromatic rings. The van der Waals surface area contributed by atoms with Crippen molar-refractivity contribution in [1.29, 1.82) is 0 Å². The third kappa shape index (κ3) is 2.44. The molecule has 0 bridgehead atoms. The van der Waals surface area contributed by atoms with Crippen molar-refractivity contribution in [3.63, 3.8) is 0 Å². The van der Waals surface area contributed by atoms with Crippen molar-refractivity contribution in [3.05, 3.63) is 52.9 Å². The quantitative estimate of drug-likeness (QED) is 0.806. The summed E-state index contributed by atoms with van der Waals surface area (Å²) in [5.41, 5.74) is 8.46. The number of nitrogens with two attached hydrogens (primary N) is 1. The lowest BCUT2D eigenvalue weighted by molar-refractivity contribution is 0.415. The number of pyridine rings is 2. The standard InChI is InChI=1S/C18H19N3O2/c1-11(2)21-17-14(5-4-10-20-17)15(16(19)18(21)22)12-6-8-13(23-3)9-7-12/h4-11H,19H2,1-3H3. The number of nitrogen functional groups attached to an aromatic ring is 1. The van der Waals surface area contributed by atoms with Crippen molar-refractivity contribution in [1.82, 2.24) is 9.55 Å². The maximum Gasteiger partial charge on any atom is 0.276 e. The molecule has 0 radical (unpaired) electrons. The van der Waals surface area contributed by atoms with Gasteiger partial charge in [-0.05, 0) is 43.7 Å². The zero-order valence-electron chi connectivity index (χ0n) is 13.4. The first kappa shape index (κ1) is 15.1. The van der Waals surface area contributed by atoms with Gasteiger partial charge in [0.25, 0.3) is 5.56 Å². The lowest BCUT2D eigenvalue weighted by Gasteiger charge is -2.17. The van der Waals surface area contributed by atoms with E-state index in [9.17, 15) is 4.79 Å². The third-order valence-electron chi connectivity index (χ3n) is 3.90. The van der Waals surface area contributed by atoms with Crippen molar-refractivity contribution in [3.8, 4) is 16.9 Å². The van der Waals surface area contributed by atoms with Crippen LogP contribution in [0.25, 0.3) is 22.2 Å². The molecule has 0 aliphatic carbocycles. The van der Waals surface area contributed by atoms with Crippen LogP contribution in [0.1, 0.15) is 19.9 Å². The number of rotatable bonds is 3. The molecule has 2 heterocycles. The second-order valence-corrected chi connectivity index (χ2v) is 5.66. The second-order valence-electron chi connectivity index (χ2n) is 5.66. The van der Waals surface area contributed by atoms with Gasteiger partial charge in [0.05, 0.1) is 7.11 Å². The van der Waals surface area contributed by atoms with Crippen LogP contribution >= 0.6 is 0 Å². The summed E-state index contributed by atoms with van der Waals surface area (Å²) in [7, 11) is 1.62. The molecule has 118 valence electrons. The molecule has 1 aromatic carbocycles. The lowest BCUT2D eigenvalue weighted by atomic mass is 10.0. The van der Waals surface area contributed by atoms with Crippen molar-refractivity contribution < 1.29 is 4.74 Å². The SMILES string of the molecule is COc1ccc(-c2c(N)c(=O)n(C(C)C)c3ncccc23)cc1. The number of nitrogens with zero attached hydrogens (tertiary/aromatic N) is 2. The summed E-state index contributed by atoms with van der Waals surface area (Å²) in [6, 6.07) is 11.3. The van der Waals surface area contributed by atoms with Crippen LogP contribution in [0.3, 0.4) is 0 Å². The first-order valence-electron chi connectivity index (χ1n) is 7.47. The summed E-state index contributed by atoms with van der Waals surface area (Å²) in [5.74, 6) is 0.755. The van der Waals surface area contributed by atoms with Crippen LogP contribution in [0.5, 0.6) is 5.75 Å². The summed E-state index contributed by atoms with van der Waals surface area (Å²) < 4.78 is 6.82. The predicted molar refractivity (Wildman–Crippen MR) is 92.8 cm³/mol. The minimum atomic E-state index is -0.211. The molecule has 0 saturated heterocycles. The number of ether oxygens (including phenoxy) is 1. The van der Waals surface area contributed by atoms with E-state index in [0.29, 0.717) is 5.65 Å². The fourth-order valence-electron chi connectivity index (χ4n) is 2.81. The number of aromatic nitrogens is 2. The van der Waals surface area contributed by atoms with E-state index in [4.69, 9.17) is 10.5 Å². The summed E-state index contributed by atoms with van der Waals surface area (Å²) in [6.07, 6.45) is 1.69. The van der Waals surface area contributed by atoms with E-state index in [1.54, 1.807) is 17.9 Å². The van der Waals surface area contributed by atoms with Gasteiger partial charge in [-0.2, -0.15) is 0 Å². The molecule has 5 heteroatoms. The number of anilines is 1. The smallest absolute Gasteiger partial charge is 0.276 e. The Morgan fingerprint density at radius 1 is 1.17 bits per heavy atom. The maximum atomic E-state index is 12.7. The van der Waals surface area contributed by atoms with E-state index >= 15 is 0 Å². The summed E-state index contributed by atoms with van der Waals surface area (Å²) in [4.78, 5) is 17.1. The van der Waals surface area contributed by atoms with Gasteiger partial charge in [0.15, 0.2) is 0 Å². The van der Waals surface area contributed by atoms with Crippen LogP contribution in [0.2, 0.25) is 0 Å². The molecule has 23 heavy (non-hydrogen) atoms. The zero-order valence-corrected chi connectivity index (χ0v) is 13.4. The molecule has 3 rings (SSSR count). The van der Waals surface area contributed by atoms with Crippen LogP contribution in [-0.4, -0.2) is 16.7 Å². The highest BCUT2D eigenvalue weighted by molar-refractivity contribution is 5.98. The minimum absolute atomic E-state index is 0.0212. The van der Waals surface area contributed by atoms with Crippen LogP contribution in [-0.2, 0) is 0 Å². The fourth-order valence-corrected chi connectivity index (χ4v) is 2.81. The van der Waals surface area contributed by atoms with Gasteiger partial charge in [-0.1, -0.05) is 12.1 Å². The minimum Gasteiger partial charge on any atom is -0.497 e. The van der Waals surface area contributed by atoms with Gasteiger partial charge in [-0.25, -0.2) is 4.98 Å². The molecule has 2 N–H and O–H groups in total. The first-order valence-corrected chi connectivity index (χ1v) is 7.47. The molecule has 0 amide bonds. The Morgan fingerprint density at radius 3 is 2.48 bits per heavy atom. The molecule has 0 aliphatic heterocycles. The number of benzene rings is 1. The monoisotopic (exact) mass is 309 g/mol. The van der Waals surface area contributed by atoms with Gasteiger partial charge >= 0.3 is 0 Å². The van der Waals surface area contributed by atoms with E-state index in [1.807, 2.05) is 50.2 Å². The van der Waals surface area contributed by atoms with Gasteiger partial charge in [-0.15, -0.1) is 0 Å². The summed E-state index contributed by atoms with van der Waals surface area (Å²) >= 11 is 0. The fraction of sp³-hybridized carbons (Fsp3) is 0.222. The molecule has 0 fully saturated rings. The average Bonchev–Trinajstić information content (AvgIpc) is 2.56. The Hall–Kier alpha value is -2.82. The van der Waals surface area contributed by atoms with Gasteiger partial charge in [0, 0.05) is 23.2 Å². The van der Waals surface area contributed by atoms with E-state index in [0.717, 1.165) is 22.3 Å². The first-order chi connectivity index (χ1) is 11.0. The van der Waals surface area contributed by atoms with Gasteiger partial charge < -0.3 is 10.5 Å². The molecular weight excluding hydrogens is 290 g/mol. The normalized spacial score (nSPS) is 11.1. The lowest BCUT2D eigenvalue weighted by Crippen LogP contribution is -2.26. The number of methoxy groups -OCH3 is 1. The molecule has 0 saturated carbocycles. The van der Waals surface area contributed by atoms with Crippen molar-refractivity contribution in [2.24, 2.45) is 0 Å². The highest BCUT2D eigenvalue weighted by Crippen LogP contribution is 2.32. The molecule has 2 aromatic heterocycles. The van der Waals surface area contributed by atoms with Crippen LogP contribution in [0.15, 0.2) is 47.4 Å². The van der Waals surface area contributed by atoms with Crippen LogP contribution in [0, 0.1) is 0 Å². The zero-order chi connectivity index (χ0) is 16.6. The van der Waals surface area contributed by atoms with Crippen LogP contribution in [0.4, 0.5) is 5.69 Å². The summed E-state index contributed by atoms with van der Waals surface area (Å²) in [5, 5.41) is 0.864. The van der Waals surface area contributed by atoms with E-state index in [1.165, 1.54) is 0 Å². The van der Waals surface area contributed by atoms with E-state index in [-0.39, 0.29) is 17.3 Å². The molecule has 0 aliphatic rings. The van der Waals surface area contributed by atoms with Gasteiger partial charge in [0.1, 0.15) is 17.1 Å². The van der Waals surface area contributed by atoms with Crippen molar-refractivity contribution >= 4 is 16.7 Å². The summed E-state index contributed by atoms with van der Waals surface area (Å²) in [6.45, 7) is 3.89. The Bertz CT molecular complexity index is 912. The molecular formula is C18H19N3O2. The topological polar surface area (TPSA) is 70.1 Å². The number of hydrogen-bond acceptors (Lipinski definition) is 4. The second kappa shape index (κ2) is 5.76. The van der Waals surface area contributed by atoms with Crippen molar-refractivity contribution in [2.75, 3.05) is 12.8 Å². The largest absolute Gasteiger partial charge is 0.497 e.